The first-order valence-corrected chi connectivity index (χ1v) is 7.19. The minimum atomic E-state index is -0.909. The fourth-order valence-corrected chi connectivity index (χ4v) is 3.70. The number of halogens is 1. The molecule has 1 atom stereocenters. The smallest absolute Gasteiger partial charge is 0.375 e. The first kappa shape index (κ1) is 13.4. The van der Waals surface area contributed by atoms with Crippen LogP contribution in [0.3, 0.4) is 0 Å². The zero-order valence-electron chi connectivity index (χ0n) is 9.70. The fourth-order valence-electron chi connectivity index (χ4n) is 1.98. The second-order valence-corrected chi connectivity index (χ2v) is 6.44. The van der Waals surface area contributed by atoms with Gasteiger partial charge in [0.05, 0.1) is 16.3 Å². The third kappa shape index (κ3) is 2.40. The number of esters is 1. The molecule has 1 unspecified atom stereocenters. The Bertz CT molecular complexity index is 520. The van der Waals surface area contributed by atoms with Gasteiger partial charge >= 0.3 is 5.97 Å². The van der Waals surface area contributed by atoms with Gasteiger partial charge in [-0.25, -0.2) is 4.79 Å². The van der Waals surface area contributed by atoms with Gasteiger partial charge in [0, 0.05) is 10.4 Å². The minimum absolute atomic E-state index is 0.140. The standard InChI is InChI=1S/C12H11BrO4S/c1-2-17-12(16)11(15)6-3-4-8-7(10(6)14)5-9(13)18-8/h5-6H,2-4H2,1H3. The molecule has 0 aromatic carbocycles. The zero-order chi connectivity index (χ0) is 13.3. The summed E-state index contributed by atoms with van der Waals surface area (Å²) in [5.41, 5.74) is 0.556. The van der Waals surface area contributed by atoms with Crippen molar-refractivity contribution < 1.29 is 19.1 Å². The number of ketones is 2. The van der Waals surface area contributed by atoms with Crippen molar-refractivity contribution >= 4 is 44.8 Å². The van der Waals surface area contributed by atoms with Crippen molar-refractivity contribution in [2.45, 2.75) is 19.8 Å². The van der Waals surface area contributed by atoms with Crippen LogP contribution in [0.5, 0.6) is 0 Å². The second kappa shape index (κ2) is 5.32. The Morgan fingerprint density at radius 3 is 2.94 bits per heavy atom. The number of hydrogen-bond acceptors (Lipinski definition) is 5. The van der Waals surface area contributed by atoms with E-state index < -0.39 is 17.7 Å². The van der Waals surface area contributed by atoms with Crippen molar-refractivity contribution in [2.75, 3.05) is 6.61 Å². The van der Waals surface area contributed by atoms with E-state index in [4.69, 9.17) is 0 Å². The Hall–Kier alpha value is -1.01. The topological polar surface area (TPSA) is 60.4 Å². The quantitative estimate of drug-likeness (QED) is 0.485. The summed E-state index contributed by atoms with van der Waals surface area (Å²) in [5, 5.41) is 0. The molecule has 0 spiro atoms. The average Bonchev–Trinajstić information content (AvgIpc) is 2.71. The number of carbonyl (C=O) groups is 3. The van der Waals surface area contributed by atoms with E-state index in [9.17, 15) is 14.4 Å². The predicted octanol–water partition coefficient (Wildman–Crippen LogP) is 2.39. The SMILES string of the molecule is CCOC(=O)C(=O)C1CCc2sc(Br)cc2C1=O. The second-order valence-electron chi connectivity index (χ2n) is 3.93. The van der Waals surface area contributed by atoms with E-state index in [1.54, 1.807) is 13.0 Å². The summed E-state index contributed by atoms with van der Waals surface area (Å²) < 4.78 is 5.52. The lowest BCUT2D eigenvalue weighted by Gasteiger charge is -2.18. The lowest BCUT2D eigenvalue weighted by Crippen LogP contribution is -2.34. The Balaban J connectivity index is 2.21. The number of rotatable bonds is 3. The zero-order valence-corrected chi connectivity index (χ0v) is 12.1. The van der Waals surface area contributed by atoms with E-state index in [2.05, 4.69) is 20.7 Å². The van der Waals surface area contributed by atoms with Gasteiger partial charge in [-0.2, -0.15) is 0 Å². The molecule has 1 aliphatic rings. The third-order valence-electron chi connectivity index (χ3n) is 2.81. The highest BCUT2D eigenvalue weighted by molar-refractivity contribution is 9.11. The van der Waals surface area contributed by atoms with Gasteiger partial charge in [0.15, 0.2) is 5.78 Å². The Morgan fingerprint density at radius 2 is 2.28 bits per heavy atom. The van der Waals surface area contributed by atoms with Crippen molar-refractivity contribution in [3.63, 3.8) is 0 Å². The summed E-state index contributed by atoms with van der Waals surface area (Å²) in [4.78, 5) is 36.3. The van der Waals surface area contributed by atoms with Gasteiger partial charge in [-0.05, 0) is 41.8 Å². The predicted molar refractivity (Wildman–Crippen MR) is 69.8 cm³/mol. The maximum Gasteiger partial charge on any atom is 0.375 e. The van der Waals surface area contributed by atoms with Gasteiger partial charge in [0.1, 0.15) is 0 Å². The van der Waals surface area contributed by atoms with Gasteiger partial charge in [-0.3, -0.25) is 9.59 Å². The molecule has 0 amide bonds. The first-order chi connectivity index (χ1) is 8.54. The van der Waals surface area contributed by atoms with Crippen LogP contribution in [0.25, 0.3) is 0 Å². The molecule has 0 fully saturated rings. The molecule has 1 heterocycles. The molecule has 0 saturated heterocycles. The van der Waals surface area contributed by atoms with Gasteiger partial charge < -0.3 is 4.74 Å². The Morgan fingerprint density at radius 1 is 1.56 bits per heavy atom. The van der Waals surface area contributed by atoms with Crippen molar-refractivity contribution in [3.8, 4) is 0 Å². The molecule has 0 N–H and O–H groups in total. The molecular weight excluding hydrogens is 320 g/mol. The Kier molecular flexibility index (Phi) is 3.97. The normalized spacial score (nSPS) is 18.3. The van der Waals surface area contributed by atoms with Crippen LogP contribution in [0.2, 0.25) is 0 Å². The molecule has 0 bridgehead atoms. The monoisotopic (exact) mass is 330 g/mol. The molecule has 96 valence electrons. The van der Waals surface area contributed by atoms with Crippen LogP contribution >= 0.6 is 27.3 Å². The van der Waals surface area contributed by atoms with Crippen LogP contribution in [0, 0.1) is 5.92 Å². The van der Waals surface area contributed by atoms with Crippen LogP contribution in [-0.2, 0) is 20.7 Å². The maximum atomic E-state index is 12.1. The number of thiophene rings is 1. The van der Waals surface area contributed by atoms with Crippen LogP contribution in [0.15, 0.2) is 9.85 Å². The fraction of sp³-hybridized carbons (Fsp3) is 0.417. The summed E-state index contributed by atoms with van der Waals surface area (Å²) in [7, 11) is 0. The molecule has 2 rings (SSSR count). The number of fused-ring (bicyclic) bond motifs is 1. The van der Waals surface area contributed by atoms with E-state index in [0.717, 1.165) is 8.66 Å². The van der Waals surface area contributed by atoms with Gasteiger partial charge in [-0.15, -0.1) is 11.3 Å². The summed E-state index contributed by atoms with van der Waals surface area (Å²) in [6, 6.07) is 1.72. The summed E-state index contributed by atoms with van der Waals surface area (Å²) in [6.45, 7) is 1.77. The van der Waals surface area contributed by atoms with Gasteiger partial charge in [-0.1, -0.05) is 0 Å². The number of aryl methyl sites for hydroxylation is 1. The van der Waals surface area contributed by atoms with E-state index >= 15 is 0 Å². The van der Waals surface area contributed by atoms with Gasteiger partial charge in [0.2, 0.25) is 0 Å². The highest BCUT2D eigenvalue weighted by Crippen LogP contribution is 2.35. The molecule has 0 aliphatic heterocycles. The summed E-state index contributed by atoms with van der Waals surface area (Å²) >= 11 is 4.82. The Labute approximate surface area is 116 Å². The molecular formula is C12H11BrO4S. The first-order valence-electron chi connectivity index (χ1n) is 5.58. The van der Waals surface area contributed by atoms with Crippen LogP contribution in [-0.4, -0.2) is 24.1 Å². The molecule has 6 heteroatoms. The number of ether oxygens (including phenoxy) is 1. The molecule has 1 aromatic rings. The van der Waals surface area contributed by atoms with Crippen LogP contribution in [0.4, 0.5) is 0 Å². The van der Waals surface area contributed by atoms with E-state index in [0.29, 0.717) is 18.4 Å². The highest BCUT2D eigenvalue weighted by Gasteiger charge is 2.37. The van der Waals surface area contributed by atoms with E-state index in [-0.39, 0.29) is 12.4 Å². The minimum Gasteiger partial charge on any atom is -0.460 e. The molecule has 0 saturated carbocycles. The third-order valence-corrected chi connectivity index (χ3v) is 4.51. The van der Waals surface area contributed by atoms with Crippen molar-refractivity contribution in [2.24, 2.45) is 5.92 Å². The van der Waals surface area contributed by atoms with Crippen molar-refractivity contribution in [1.82, 2.24) is 0 Å². The van der Waals surface area contributed by atoms with Crippen LogP contribution in [0.1, 0.15) is 28.6 Å². The number of Topliss-reactive ketones (excluding diaryl/α,β-unsaturated/α-hetero) is 2. The molecule has 18 heavy (non-hydrogen) atoms. The van der Waals surface area contributed by atoms with Crippen molar-refractivity contribution in [1.29, 1.82) is 0 Å². The molecule has 1 aromatic heterocycles. The van der Waals surface area contributed by atoms with Crippen LogP contribution < -0.4 is 0 Å². The lowest BCUT2D eigenvalue weighted by atomic mass is 9.84. The molecule has 0 radical (unpaired) electrons. The highest BCUT2D eigenvalue weighted by atomic mass is 79.9. The number of carbonyl (C=O) groups excluding carboxylic acids is 3. The molecule has 4 nitrogen and oxygen atoms in total. The lowest BCUT2D eigenvalue weighted by molar-refractivity contribution is -0.154. The summed E-state index contributed by atoms with van der Waals surface area (Å²) in [6.07, 6.45) is 1.03. The van der Waals surface area contributed by atoms with E-state index in [1.807, 2.05) is 0 Å². The van der Waals surface area contributed by atoms with Crippen molar-refractivity contribution in [3.05, 3.63) is 20.3 Å². The van der Waals surface area contributed by atoms with Gasteiger partial charge in [0.25, 0.3) is 5.78 Å². The maximum absolute atomic E-state index is 12.1. The largest absolute Gasteiger partial charge is 0.460 e. The average molecular weight is 331 g/mol. The number of hydrogen-bond donors (Lipinski definition) is 0. The van der Waals surface area contributed by atoms with E-state index in [1.165, 1.54) is 11.3 Å². The summed E-state index contributed by atoms with van der Waals surface area (Å²) in [5.74, 6) is -2.78. The molecule has 1 aliphatic carbocycles.